The van der Waals surface area contributed by atoms with Gasteiger partial charge in [-0.2, -0.15) is 0 Å². The zero-order chi connectivity index (χ0) is 18.7. The molecule has 2 aromatic carbocycles. The van der Waals surface area contributed by atoms with E-state index in [4.69, 9.17) is 11.6 Å². The van der Waals surface area contributed by atoms with Gasteiger partial charge in [0.25, 0.3) is 11.7 Å². The van der Waals surface area contributed by atoms with E-state index in [0.29, 0.717) is 22.0 Å². The second-order valence-electron chi connectivity index (χ2n) is 5.61. The van der Waals surface area contributed by atoms with Gasteiger partial charge < -0.3 is 5.32 Å². The monoisotopic (exact) mass is 372 g/mol. The quantitative estimate of drug-likeness (QED) is 0.552. The van der Waals surface area contributed by atoms with Gasteiger partial charge in [-0.3, -0.25) is 9.59 Å². The summed E-state index contributed by atoms with van der Waals surface area (Å²) in [5.74, 6) is -2.21. The number of rotatable bonds is 5. The van der Waals surface area contributed by atoms with E-state index in [9.17, 15) is 14.0 Å². The molecule has 0 atom stereocenters. The molecule has 1 amide bonds. The fraction of sp³-hybridized carbons (Fsp3) is 0.111. The van der Waals surface area contributed by atoms with Gasteiger partial charge in [0.15, 0.2) is 0 Å². The molecule has 132 valence electrons. The summed E-state index contributed by atoms with van der Waals surface area (Å²) >= 11 is 5.94. The van der Waals surface area contributed by atoms with E-state index < -0.39 is 17.5 Å². The summed E-state index contributed by atoms with van der Waals surface area (Å²) in [4.78, 5) is 24.2. The summed E-state index contributed by atoms with van der Waals surface area (Å²) in [6.07, 6.45) is 1.61. The number of amides is 1. The maximum atomic E-state index is 13.3. The van der Waals surface area contributed by atoms with Crippen molar-refractivity contribution < 1.29 is 14.0 Å². The molecule has 0 unspecified atom stereocenters. The van der Waals surface area contributed by atoms with Crippen LogP contribution in [0.3, 0.4) is 0 Å². The Morgan fingerprint density at radius 2 is 2.04 bits per heavy atom. The Bertz CT molecular complexity index is 987. The number of carbonyl (C=O) groups excluding carboxylic acids is 2. The first kappa shape index (κ1) is 17.8. The van der Waals surface area contributed by atoms with E-state index in [1.165, 1.54) is 16.8 Å². The highest BCUT2D eigenvalue weighted by atomic mass is 35.5. The van der Waals surface area contributed by atoms with Crippen molar-refractivity contribution in [3.63, 3.8) is 0 Å². The van der Waals surface area contributed by atoms with Gasteiger partial charge in [-0.25, -0.2) is 9.07 Å². The minimum Gasteiger partial charge on any atom is -0.343 e. The van der Waals surface area contributed by atoms with Crippen LogP contribution in [0, 0.1) is 12.7 Å². The van der Waals surface area contributed by atoms with E-state index in [1.807, 2.05) is 0 Å². The predicted molar refractivity (Wildman–Crippen MR) is 93.7 cm³/mol. The molecule has 3 rings (SSSR count). The molecule has 8 heteroatoms. The van der Waals surface area contributed by atoms with Crippen LogP contribution in [-0.4, -0.2) is 26.7 Å². The number of ketones is 1. The lowest BCUT2D eigenvalue weighted by molar-refractivity contribution is -0.117. The van der Waals surface area contributed by atoms with Gasteiger partial charge in [0, 0.05) is 10.6 Å². The molecule has 1 N–H and O–H groups in total. The highest BCUT2D eigenvalue weighted by Gasteiger charge is 2.19. The van der Waals surface area contributed by atoms with Crippen molar-refractivity contribution in [3.05, 3.63) is 76.3 Å². The lowest BCUT2D eigenvalue weighted by Crippen LogP contribution is -2.31. The molecule has 0 bridgehead atoms. The second-order valence-corrected chi connectivity index (χ2v) is 6.04. The smallest absolute Gasteiger partial charge is 0.292 e. The zero-order valence-electron chi connectivity index (χ0n) is 13.7. The summed E-state index contributed by atoms with van der Waals surface area (Å²) in [7, 11) is 0. The molecule has 0 fully saturated rings. The van der Waals surface area contributed by atoms with Crippen molar-refractivity contribution in [2.24, 2.45) is 0 Å². The van der Waals surface area contributed by atoms with Crippen LogP contribution in [0.5, 0.6) is 0 Å². The molecule has 0 aliphatic rings. The molecule has 1 aromatic heterocycles. The van der Waals surface area contributed by atoms with Gasteiger partial charge in [-0.15, -0.1) is 5.10 Å². The first-order valence-electron chi connectivity index (χ1n) is 7.70. The van der Waals surface area contributed by atoms with E-state index in [1.54, 1.807) is 37.4 Å². The van der Waals surface area contributed by atoms with Crippen molar-refractivity contribution >= 4 is 23.3 Å². The molecule has 26 heavy (non-hydrogen) atoms. The third-order valence-electron chi connectivity index (χ3n) is 3.69. The highest BCUT2D eigenvalue weighted by Crippen LogP contribution is 2.14. The lowest BCUT2D eigenvalue weighted by atomic mass is 10.0. The van der Waals surface area contributed by atoms with Gasteiger partial charge in [-0.1, -0.05) is 28.9 Å². The number of aromatic nitrogens is 3. The van der Waals surface area contributed by atoms with Crippen LogP contribution in [0.15, 0.2) is 48.7 Å². The average Bonchev–Trinajstić information content (AvgIpc) is 3.10. The Labute approximate surface area is 153 Å². The molecule has 6 nitrogen and oxygen atoms in total. The molecule has 0 aliphatic heterocycles. The number of halogens is 2. The number of hydrogen-bond acceptors (Lipinski definition) is 4. The van der Waals surface area contributed by atoms with Crippen molar-refractivity contribution in [2.75, 3.05) is 0 Å². The first-order chi connectivity index (χ1) is 12.4. The van der Waals surface area contributed by atoms with Gasteiger partial charge in [-0.05, 0) is 42.8 Å². The fourth-order valence-electron chi connectivity index (χ4n) is 2.34. The molecule has 3 aromatic rings. The Hall–Kier alpha value is -3.06. The number of benzene rings is 2. The molecule has 0 saturated carbocycles. The Morgan fingerprint density at radius 3 is 2.81 bits per heavy atom. The number of nitrogens with zero attached hydrogens (tertiary/aromatic N) is 3. The Morgan fingerprint density at radius 1 is 1.23 bits per heavy atom. The molecule has 0 saturated heterocycles. The molecule has 0 radical (unpaired) electrons. The van der Waals surface area contributed by atoms with Crippen molar-refractivity contribution in [3.8, 4) is 5.69 Å². The van der Waals surface area contributed by atoms with E-state index in [-0.39, 0.29) is 12.1 Å². The maximum absolute atomic E-state index is 13.3. The number of nitrogens with one attached hydrogen (secondary N) is 1. The topological polar surface area (TPSA) is 76.9 Å². The summed E-state index contributed by atoms with van der Waals surface area (Å²) < 4.78 is 14.8. The van der Waals surface area contributed by atoms with Gasteiger partial charge in [0.2, 0.25) is 0 Å². The van der Waals surface area contributed by atoms with Gasteiger partial charge >= 0.3 is 0 Å². The lowest BCUT2D eigenvalue weighted by Gasteiger charge is -2.05. The predicted octanol–water partition coefficient (Wildman–Crippen LogP) is 2.87. The van der Waals surface area contributed by atoms with Crippen LogP contribution < -0.4 is 5.32 Å². The van der Waals surface area contributed by atoms with Crippen LogP contribution in [0.4, 0.5) is 4.39 Å². The molecular weight excluding hydrogens is 359 g/mol. The highest BCUT2D eigenvalue weighted by molar-refractivity contribution is 6.43. The maximum Gasteiger partial charge on any atom is 0.292 e. The summed E-state index contributed by atoms with van der Waals surface area (Å²) in [6.45, 7) is 1.65. The van der Waals surface area contributed by atoms with Crippen LogP contribution in [0.25, 0.3) is 5.69 Å². The van der Waals surface area contributed by atoms with Crippen LogP contribution in [0.2, 0.25) is 5.02 Å². The number of aryl methyl sites for hydroxylation is 1. The van der Waals surface area contributed by atoms with E-state index in [0.717, 1.165) is 6.07 Å². The number of carbonyl (C=O) groups is 2. The van der Waals surface area contributed by atoms with E-state index >= 15 is 0 Å². The normalized spacial score (nSPS) is 10.6. The zero-order valence-corrected chi connectivity index (χ0v) is 14.5. The summed E-state index contributed by atoms with van der Waals surface area (Å²) in [5, 5.41) is 10.9. The van der Waals surface area contributed by atoms with Crippen molar-refractivity contribution in [1.82, 2.24) is 20.3 Å². The molecular formula is C18H14ClFN4O2. The standard InChI is InChI=1S/C18H14ClFN4O2/c1-11-5-6-13(20)8-16(11)17(25)18(26)21-9-14-10-24(23-22-14)15-4-2-3-12(19)7-15/h2-8,10H,9H2,1H3,(H,21,26). The number of Topliss-reactive ketones (excluding diaryl/α,β-unsaturated/α-hetero) is 1. The van der Waals surface area contributed by atoms with Crippen LogP contribution in [-0.2, 0) is 11.3 Å². The van der Waals surface area contributed by atoms with Crippen molar-refractivity contribution in [2.45, 2.75) is 13.5 Å². The number of hydrogen-bond donors (Lipinski definition) is 1. The van der Waals surface area contributed by atoms with Gasteiger partial charge in [0.05, 0.1) is 18.4 Å². The molecule has 0 aliphatic carbocycles. The van der Waals surface area contributed by atoms with Gasteiger partial charge in [0.1, 0.15) is 11.5 Å². The third-order valence-corrected chi connectivity index (χ3v) is 3.93. The van der Waals surface area contributed by atoms with Crippen LogP contribution in [0.1, 0.15) is 21.6 Å². The van der Waals surface area contributed by atoms with E-state index in [2.05, 4.69) is 15.6 Å². The second kappa shape index (κ2) is 7.45. The first-order valence-corrected chi connectivity index (χ1v) is 8.07. The average molecular weight is 373 g/mol. The van der Waals surface area contributed by atoms with Crippen LogP contribution >= 0.6 is 11.6 Å². The van der Waals surface area contributed by atoms with Crippen molar-refractivity contribution in [1.29, 1.82) is 0 Å². The largest absolute Gasteiger partial charge is 0.343 e. The molecule has 0 spiro atoms. The Kier molecular flexibility index (Phi) is 5.09. The molecule has 1 heterocycles. The summed E-state index contributed by atoms with van der Waals surface area (Å²) in [6, 6.07) is 10.8. The Balaban J connectivity index is 1.66. The minimum absolute atomic E-state index is 0.0134. The summed E-state index contributed by atoms with van der Waals surface area (Å²) in [5.41, 5.74) is 1.74. The minimum atomic E-state index is -0.837. The third kappa shape index (κ3) is 3.94. The fourth-order valence-corrected chi connectivity index (χ4v) is 2.52. The SMILES string of the molecule is Cc1ccc(F)cc1C(=O)C(=O)NCc1cn(-c2cccc(Cl)c2)nn1.